The molecule has 0 radical (unpaired) electrons. The summed E-state index contributed by atoms with van der Waals surface area (Å²) in [5.74, 6) is -1.90. The number of carboxylic acid groups (broad SMARTS) is 1. The van der Waals surface area contributed by atoms with E-state index in [-0.39, 0.29) is 25.1 Å². The van der Waals surface area contributed by atoms with E-state index in [1.807, 2.05) is 0 Å². The van der Waals surface area contributed by atoms with Gasteiger partial charge in [0.15, 0.2) is 0 Å². The average molecular weight is 466 g/mol. The number of carbonyl (C=O) groups is 3. The molecule has 3 N–H and O–H groups in total. The Kier molecular flexibility index (Phi) is 8.22. The van der Waals surface area contributed by atoms with Crippen LogP contribution >= 0.6 is 27.5 Å². The predicted octanol–water partition coefficient (Wildman–Crippen LogP) is 3.85. The minimum atomic E-state index is -0.937. The number of rotatable bonds is 8. The molecule has 0 aliphatic heterocycles. The molecule has 146 valence electrons. The molecule has 0 bridgehead atoms. The van der Waals surface area contributed by atoms with Crippen molar-refractivity contribution in [3.8, 4) is 0 Å². The zero-order valence-electron chi connectivity index (χ0n) is 14.7. The van der Waals surface area contributed by atoms with Gasteiger partial charge in [0.25, 0.3) is 11.8 Å². The molecule has 2 aromatic carbocycles. The Balaban J connectivity index is 2.19. The highest BCUT2D eigenvalue weighted by atomic mass is 79.9. The van der Waals surface area contributed by atoms with Gasteiger partial charge in [-0.1, -0.05) is 35.9 Å². The molecular formula is C20H18BrClN2O4. The molecule has 2 rings (SSSR count). The Morgan fingerprint density at radius 3 is 2.39 bits per heavy atom. The number of amides is 2. The second-order valence-corrected chi connectivity index (χ2v) is 7.09. The highest BCUT2D eigenvalue weighted by molar-refractivity contribution is 9.10. The Labute approximate surface area is 175 Å². The fraction of sp³-hybridized carbons (Fsp3) is 0.150. The van der Waals surface area contributed by atoms with Crippen molar-refractivity contribution in [3.63, 3.8) is 0 Å². The van der Waals surface area contributed by atoms with Crippen LogP contribution < -0.4 is 10.6 Å². The summed E-state index contributed by atoms with van der Waals surface area (Å²) >= 11 is 9.19. The van der Waals surface area contributed by atoms with Gasteiger partial charge in [0.2, 0.25) is 0 Å². The summed E-state index contributed by atoms with van der Waals surface area (Å²) in [5, 5.41) is 14.5. The Morgan fingerprint density at radius 2 is 1.75 bits per heavy atom. The van der Waals surface area contributed by atoms with Crippen LogP contribution in [0.25, 0.3) is 6.08 Å². The molecule has 0 aliphatic rings. The molecule has 0 heterocycles. The molecule has 2 amide bonds. The maximum Gasteiger partial charge on any atom is 0.303 e. The van der Waals surface area contributed by atoms with E-state index in [4.69, 9.17) is 16.7 Å². The first kappa shape index (κ1) is 21.7. The topological polar surface area (TPSA) is 95.5 Å². The van der Waals surface area contributed by atoms with Gasteiger partial charge in [0.1, 0.15) is 5.70 Å². The van der Waals surface area contributed by atoms with E-state index in [0.717, 1.165) is 0 Å². The third kappa shape index (κ3) is 6.83. The molecule has 8 heteroatoms. The van der Waals surface area contributed by atoms with Crippen molar-refractivity contribution in [2.24, 2.45) is 0 Å². The van der Waals surface area contributed by atoms with Crippen molar-refractivity contribution in [1.82, 2.24) is 10.6 Å². The lowest BCUT2D eigenvalue weighted by Gasteiger charge is -2.12. The molecule has 2 aromatic rings. The molecule has 0 spiro atoms. The summed E-state index contributed by atoms with van der Waals surface area (Å²) in [5.41, 5.74) is 1.09. The first-order valence-corrected chi connectivity index (χ1v) is 9.57. The zero-order chi connectivity index (χ0) is 20.5. The van der Waals surface area contributed by atoms with Gasteiger partial charge in [-0.05, 0) is 58.3 Å². The second kappa shape index (κ2) is 10.6. The van der Waals surface area contributed by atoms with Crippen molar-refractivity contribution < 1.29 is 19.5 Å². The molecule has 0 aromatic heterocycles. The highest BCUT2D eigenvalue weighted by Gasteiger charge is 2.16. The van der Waals surface area contributed by atoms with Crippen LogP contribution in [0.5, 0.6) is 0 Å². The summed E-state index contributed by atoms with van der Waals surface area (Å²) in [7, 11) is 0. The number of carbonyl (C=O) groups excluding carboxylic acids is 2. The molecule has 0 saturated carbocycles. The summed E-state index contributed by atoms with van der Waals surface area (Å²) in [6, 6.07) is 13.6. The Bertz CT molecular complexity index is 897. The third-order valence-electron chi connectivity index (χ3n) is 3.65. The molecule has 6 nitrogen and oxygen atoms in total. The maximum absolute atomic E-state index is 12.6. The predicted molar refractivity (Wildman–Crippen MR) is 111 cm³/mol. The lowest BCUT2D eigenvalue weighted by atomic mass is 10.1. The minimum Gasteiger partial charge on any atom is -0.481 e. The van der Waals surface area contributed by atoms with Gasteiger partial charge in [-0.2, -0.15) is 0 Å². The number of hydrogen-bond donors (Lipinski definition) is 3. The van der Waals surface area contributed by atoms with Crippen LogP contribution in [0.3, 0.4) is 0 Å². The fourth-order valence-corrected chi connectivity index (χ4v) is 2.85. The van der Waals surface area contributed by atoms with E-state index >= 15 is 0 Å². The summed E-state index contributed by atoms with van der Waals surface area (Å²) in [6.07, 6.45) is 1.75. The van der Waals surface area contributed by atoms with Crippen LogP contribution in [0, 0.1) is 0 Å². The molecule has 0 aliphatic carbocycles. The minimum absolute atomic E-state index is 0.0402. The van der Waals surface area contributed by atoms with E-state index in [0.29, 0.717) is 20.6 Å². The van der Waals surface area contributed by atoms with E-state index < -0.39 is 17.8 Å². The molecule has 0 fully saturated rings. The second-order valence-electron chi connectivity index (χ2n) is 5.80. The first-order chi connectivity index (χ1) is 13.4. The van der Waals surface area contributed by atoms with Crippen LogP contribution in [0.4, 0.5) is 0 Å². The smallest absolute Gasteiger partial charge is 0.303 e. The van der Waals surface area contributed by atoms with Crippen LogP contribution in [-0.4, -0.2) is 29.4 Å². The van der Waals surface area contributed by atoms with E-state index in [1.54, 1.807) is 48.5 Å². The van der Waals surface area contributed by atoms with Crippen molar-refractivity contribution in [2.75, 3.05) is 6.54 Å². The number of benzene rings is 2. The van der Waals surface area contributed by atoms with Gasteiger partial charge in [0.05, 0.1) is 5.56 Å². The quantitative estimate of drug-likeness (QED) is 0.407. The Hall–Kier alpha value is -2.64. The van der Waals surface area contributed by atoms with Crippen molar-refractivity contribution in [1.29, 1.82) is 0 Å². The van der Waals surface area contributed by atoms with Crippen molar-refractivity contribution >= 4 is 51.4 Å². The van der Waals surface area contributed by atoms with Crippen molar-refractivity contribution in [2.45, 2.75) is 12.8 Å². The number of aliphatic carboxylic acids is 1. The fourth-order valence-electron chi connectivity index (χ4n) is 2.26. The van der Waals surface area contributed by atoms with Crippen LogP contribution in [0.2, 0.25) is 5.02 Å². The number of hydrogen-bond acceptors (Lipinski definition) is 3. The summed E-state index contributed by atoms with van der Waals surface area (Å²) in [6.45, 7) is 0.175. The number of halogens is 2. The lowest BCUT2D eigenvalue weighted by molar-refractivity contribution is -0.137. The van der Waals surface area contributed by atoms with Gasteiger partial charge in [-0.3, -0.25) is 14.4 Å². The number of nitrogens with one attached hydrogen (secondary N) is 2. The largest absolute Gasteiger partial charge is 0.481 e. The van der Waals surface area contributed by atoms with Crippen molar-refractivity contribution in [3.05, 3.63) is 74.9 Å². The third-order valence-corrected chi connectivity index (χ3v) is 4.59. The molecule has 0 unspecified atom stereocenters. The lowest BCUT2D eigenvalue weighted by Crippen LogP contribution is -2.35. The van der Waals surface area contributed by atoms with Crippen LogP contribution in [0.1, 0.15) is 28.8 Å². The normalized spacial score (nSPS) is 11.0. The Morgan fingerprint density at radius 1 is 1.07 bits per heavy atom. The molecule has 0 saturated heterocycles. The van der Waals surface area contributed by atoms with Crippen LogP contribution in [-0.2, 0) is 9.59 Å². The SMILES string of the molecule is O=C(O)CCCNC(=O)/C(=C\c1ccc(Cl)cc1)NC(=O)c1ccccc1Br. The van der Waals surface area contributed by atoms with Crippen LogP contribution in [0.15, 0.2) is 58.7 Å². The zero-order valence-corrected chi connectivity index (χ0v) is 17.1. The van der Waals surface area contributed by atoms with Gasteiger partial charge in [-0.25, -0.2) is 0 Å². The average Bonchev–Trinajstić information content (AvgIpc) is 2.66. The summed E-state index contributed by atoms with van der Waals surface area (Å²) < 4.78 is 0.597. The van der Waals surface area contributed by atoms with Gasteiger partial charge >= 0.3 is 5.97 Å². The monoisotopic (exact) mass is 464 g/mol. The van der Waals surface area contributed by atoms with Gasteiger partial charge in [-0.15, -0.1) is 0 Å². The van der Waals surface area contributed by atoms with E-state index in [9.17, 15) is 14.4 Å². The first-order valence-electron chi connectivity index (χ1n) is 8.40. The highest BCUT2D eigenvalue weighted by Crippen LogP contribution is 2.17. The molecule has 0 atom stereocenters. The van der Waals surface area contributed by atoms with Gasteiger partial charge < -0.3 is 15.7 Å². The van der Waals surface area contributed by atoms with Gasteiger partial charge in [0, 0.05) is 22.5 Å². The van der Waals surface area contributed by atoms with E-state index in [2.05, 4.69) is 26.6 Å². The maximum atomic E-state index is 12.6. The van der Waals surface area contributed by atoms with E-state index in [1.165, 1.54) is 6.08 Å². The molecule has 28 heavy (non-hydrogen) atoms. The standard InChI is InChI=1S/C20H18BrClN2O4/c21-16-5-2-1-4-15(16)19(27)24-17(12-13-7-9-14(22)10-8-13)20(28)23-11-3-6-18(25)26/h1-2,4-5,7-10,12H,3,6,11H2,(H,23,28)(H,24,27)(H,25,26)/b17-12+. The summed E-state index contributed by atoms with van der Waals surface area (Å²) in [4.78, 5) is 35.7. The molecular weight excluding hydrogens is 448 g/mol. The number of carboxylic acids is 1.